The summed E-state index contributed by atoms with van der Waals surface area (Å²) in [6.07, 6.45) is 5.76. The normalized spacial score (nSPS) is 13.4. The largest absolute Gasteiger partial charge is 2.00 e. The minimum Gasteiger partial charge on any atom is -0.0918 e. The molecule has 14 heavy (non-hydrogen) atoms. The van der Waals surface area contributed by atoms with Gasteiger partial charge < -0.3 is 0 Å². The molecule has 0 saturated heterocycles. The fourth-order valence-electron chi connectivity index (χ4n) is 1.76. The van der Waals surface area contributed by atoms with Crippen LogP contribution in [0.15, 0.2) is 12.2 Å². The molecule has 2 heteroatoms. The van der Waals surface area contributed by atoms with Crippen molar-refractivity contribution in [2.75, 3.05) is 6.16 Å². The molecule has 0 N–H and O–H groups in total. The summed E-state index contributed by atoms with van der Waals surface area (Å²) in [5.74, 6) is 0. The Morgan fingerprint density at radius 3 is 1.50 bits per heavy atom. The van der Waals surface area contributed by atoms with Crippen LogP contribution in [0.3, 0.4) is 0 Å². The Morgan fingerprint density at radius 1 is 0.929 bits per heavy atom. The van der Waals surface area contributed by atoms with Crippen molar-refractivity contribution < 1.29 is 20.4 Å². The van der Waals surface area contributed by atoms with Crippen LogP contribution in [0, 0.1) is 0 Å². The van der Waals surface area contributed by atoms with Crippen LogP contribution >= 0.6 is 7.92 Å². The summed E-state index contributed by atoms with van der Waals surface area (Å²) in [6, 6.07) is 0. The minimum absolute atomic E-state index is 0. The van der Waals surface area contributed by atoms with Crippen LogP contribution in [0.25, 0.3) is 0 Å². The van der Waals surface area contributed by atoms with E-state index in [-0.39, 0.29) is 28.3 Å². The van der Waals surface area contributed by atoms with Crippen LogP contribution in [0.1, 0.15) is 48.5 Å². The van der Waals surface area contributed by atoms with Crippen LogP contribution in [0.2, 0.25) is 0 Å². The second-order valence-corrected chi connectivity index (χ2v) is 9.43. The molecule has 0 saturated carbocycles. The quantitative estimate of drug-likeness (QED) is 0.396. The van der Waals surface area contributed by atoms with E-state index in [9.17, 15) is 0 Å². The fourth-order valence-corrected chi connectivity index (χ4v) is 5.29. The van der Waals surface area contributed by atoms with E-state index in [0.717, 1.165) is 0 Å². The SMILES string of the molecule is CC=CCP(C(C)(C)C)C(C)(C)C.[Pd+2]. The first-order chi connectivity index (χ1) is 5.69. The molecule has 86 valence electrons. The maximum absolute atomic E-state index is 2.37. The zero-order valence-corrected chi connectivity index (χ0v) is 13.1. The van der Waals surface area contributed by atoms with Gasteiger partial charge in [0.2, 0.25) is 0 Å². The predicted molar refractivity (Wildman–Crippen MR) is 66.1 cm³/mol. The molecule has 0 aliphatic carbocycles. The minimum atomic E-state index is 0. The van der Waals surface area contributed by atoms with E-state index in [0.29, 0.717) is 10.3 Å². The third-order valence-corrected chi connectivity index (χ3v) is 5.96. The van der Waals surface area contributed by atoms with Crippen LogP contribution in [0.4, 0.5) is 0 Å². The average Bonchev–Trinajstić information content (AvgIpc) is 1.81. The molecule has 0 heterocycles. The van der Waals surface area contributed by atoms with Crippen molar-refractivity contribution >= 4 is 7.92 Å². The molecule has 0 radical (unpaired) electrons. The van der Waals surface area contributed by atoms with Gasteiger partial charge in [-0.05, 0) is 23.4 Å². The number of allylic oxidation sites excluding steroid dienone is 2. The van der Waals surface area contributed by atoms with E-state index in [4.69, 9.17) is 0 Å². The van der Waals surface area contributed by atoms with Crippen molar-refractivity contribution in [3.63, 3.8) is 0 Å². The van der Waals surface area contributed by atoms with Gasteiger partial charge >= 0.3 is 20.4 Å². The maximum Gasteiger partial charge on any atom is 2.00 e. The van der Waals surface area contributed by atoms with Crippen molar-refractivity contribution in [1.82, 2.24) is 0 Å². The Hall–Kier alpha value is 0.832. The zero-order chi connectivity index (χ0) is 10.7. The molecule has 0 aliphatic heterocycles. The van der Waals surface area contributed by atoms with Crippen molar-refractivity contribution in [2.45, 2.75) is 58.8 Å². The number of hydrogen-bond donors (Lipinski definition) is 0. The van der Waals surface area contributed by atoms with Crippen molar-refractivity contribution in [3.8, 4) is 0 Å². The molecule has 0 fully saturated rings. The van der Waals surface area contributed by atoms with E-state index in [1.165, 1.54) is 6.16 Å². The molecule has 0 atom stereocenters. The summed E-state index contributed by atoms with van der Waals surface area (Å²) >= 11 is 0. The van der Waals surface area contributed by atoms with Gasteiger partial charge in [0, 0.05) is 0 Å². The molecule has 0 bridgehead atoms. The van der Waals surface area contributed by atoms with Crippen LogP contribution in [-0.2, 0) is 20.4 Å². The number of hydrogen-bond acceptors (Lipinski definition) is 0. The van der Waals surface area contributed by atoms with E-state index < -0.39 is 0 Å². The van der Waals surface area contributed by atoms with Crippen molar-refractivity contribution in [1.29, 1.82) is 0 Å². The average molecular weight is 307 g/mol. The third kappa shape index (κ3) is 6.34. The Balaban J connectivity index is 0. The predicted octanol–water partition coefficient (Wildman–Crippen LogP) is 4.64. The van der Waals surface area contributed by atoms with Gasteiger partial charge in [-0.15, -0.1) is 0 Å². The monoisotopic (exact) mass is 306 g/mol. The van der Waals surface area contributed by atoms with Gasteiger partial charge in [-0.25, -0.2) is 0 Å². The summed E-state index contributed by atoms with van der Waals surface area (Å²) in [5.41, 5.74) is 0. The van der Waals surface area contributed by atoms with E-state index in [1.54, 1.807) is 0 Å². The van der Waals surface area contributed by atoms with Crippen LogP contribution in [0.5, 0.6) is 0 Å². The summed E-state index contributed by atoms with van der Waals surface area (Å²) in [4.78, 5) is 0. The topological polar surface area (TPSA) is 0 Å². The molecule has 0 spiro atoms. The second kappa shape index (κ2) is 6.42. The first kappa shape index (κ1) is 17.2. The first-order valence-electron chi connectivity index (χ1n) is 5.08. The first-order valence-corrected chi connectivity index (χ1v) is 6.61. The third-order valence-electron chi connectivity index (χ3n) is 2.14. The van der Waals surface area contributed by atoms with Gasteiger partial charge in [0.05, 0.1) is 0 Å². The summed E-state index contributed by atoms with van der Waals surface area (Å²) in [7, 11) is 0.0646. The Bertz CT molecular complexity index is 158. The second-order valence-electron chi connectivity index (χ2n) is 5.52. The fraction of sp³-hybridized carbons (Fsp3) is 0.833. The van der Waals surface area contributed by atoms with Gasteiger partial charge in [-0.3, -0.25) is 0 Å². The van der Waals surface area contributed by atoms with Crippen molar-refractivity contribution in [3.05, 3.63) is 12.2 Å². The molecule has 0 rings (SSSR count). The van der Waals surface area contributed by atoms with Crippen molar-refractivity contribution in [2.24, 2.45) is 0 Å². The summed E-state index contributed by atoms with van der Waals surface area (Å²) in [5, 5.41) is 0.931. The smallest absolute Gasteiger partial charge is 0.0918 e. The Kier molecular flexibility index (Phi) is 7.91. The Labute approximate surface area is 105 Å². The van der Waals surface area contributed by atoms with E-state index in [2.05, 4.69) is 60.6 Å². The van der Waals surface area contributed by atoms with Gasteiger partial charge in [0.1, 0.15) is 0 Å². The molecule has 0 aromatic rings. The van der Waals surface area contributed by atoms with E-state index >= 15 is 0 Å². The standard InChI is InChI=1S/C12H25P.Pd/c1-8-9-10-13(11(2,3)4)12(5,6)7;/h8-9H,10H2,1-7H3;/q;+2. The molecule has 0 aromatic carbocycles. The molecule has 0 amide bonds. The molecular formula is C12H25PPd+2. The summed E-state index contributed by atoms with van der Waals surface area (Å²) in [6.45, 7) is 16.3. The van der Waals surface area contributed by atoms with Gasteiger partial charge in [-0.2, -0.15) is 0 Å². The maximum atomic E-state index is 2.37. The van der Waals surface area contributed by atoms with Gasteiger partial charge in [0.25, 0.3) is 0 Å². The molecular weight excluding hydrogens is 282 g/mol. The number of rotatable bonds is 2. The van der Waals surface area contributed by atoms with Crippen LogP contribution in [-0.4, -0.2) is 16.5 Å². The van der Waals surface area contributed by atoms with Gasteiger partial charge in [0.15, 0.2) is 0 Å². The summed E-state index contributed by atoms with van der Waals surface area (Å²) < 4.78 is 0. The molecule has 0 unspecified atom stereocenters. The molecule has 0 aromatic heterocycles. The molecule has 0 nitrogen and oxygen atoms in total. The zero-order valence-electron chi connectivity index (χ0n) is 10.6. The van der Waals surface area contributed by atoms with Crippen LogP contribution < -0.4 is 0 Å². The molecule has 0 aliphatic rings. The van der Waals surface area contributed by atoms with Gasteiger partial charge in [-0.1, -0.05) is 61.6 Å². The Morgan fingerprint density at radius 2 is 1.29 bits per heavy atom. The van der Waals surface area contributed by atoms with E-state index in [1.807, 2.05) is 0 Å².